The van der Waals surface area contributed by atoms with Gasteiger partial charge in [-0.25, -0.2) is 0 Å². The molecule has 0 aliphatic heterocycles. The fraction of sp³-hybridized carbons (Fsp3) is 0.227. The van der Waals surface area contributed by atoms with Gasteiger partial charge in [0.2, 0.25) is 0 Å². The second kappa shape index (κ2) is 7.79. The zero-order valence-corrected chi connectivity index (χ0v) is 16.4. The summed E-state index contributed by atoms with van der Waals surface area (Å²) in [4.78, 5) is 35.6. The van der Waals surface area contributed by atoms with E-state index < -0.39 is 35.3 Å². The number of aryl methyl sites for hydroxylation is 1. The highest BCUT2D eigenvalue weighted by Crippen LogP contribution is 2.31. The van der Waals surface area contributed by atoms with Gasteiger partial charge >= 0.3 is 5.97 Å². The normalized spacial score (nSPS) is 11.0. The van der Waals surface area contributed by atoms with E-state index in [1.807, 2.05) is 24.3 Å². The number of carboxylic acid groups (broad SMARTS) is 1. The van der Waals surface area contributed by atoms with E-state index in [2.05, 4.69) is 25.2 Å². The van der Waals surface area contributed by atoms with E-state index in [0.717, 1.165) is 11.1 Å². The van der Waals surface area contributed by atoms with Crippen LogP contribution >= 0.6 is 0 Å². The van der Waals surface area contributed by atoms with Gasteiger partial charge in [-0.1, -0.05) is 44.2 Å². The molecule has 0 spiro atoms. The molecule has 0 aliphatic carbocycles. The topological polar surface area (TPSA) is 109 Å². The molecule has 7 heteroatoms. The molecule has 2 aromatic carbocycles. The first-order chi connectivity index (χ1) is 13.7. The van der Waals surface area contributed by atoms with Crippen molar-refractivity contribution < 1.29 is 19.8 Å². The number of pyridine rings is 1. The molecule has 0 fully saturated rings. The zero-order chi connectivity index (χ0) is 21.3. The maximum atomic E-state index is 12.6. The van der Waals surface area contributed by atoms with E-state index in [1.165, 1.54) is 17.2 Å². The summed E-state index contributed by atoms with van der Waals surface area (Å²) in [6.07, 6.45) is 0. The van der Waals surface area contributed by atoms with Crippen molar-refractivity contribution in [1.82, 2.24) is 9.88 Å². The number of rotatable bonds is 5. The summed E-state index contributed by atoms with van der Waals surface area (Å²) in [7, 11) is 1.50. The maximum absolute atomic E-state index is 12.6. The molecule has 0 saturated heterocycles. The van der Waals surface area contributed by atoms with Crippen LogP contribution in [-0.4, -0.2) is 33.2 Å². The lowest BCUT2D eigenvalue weighted by molar-refractivity contribution is -0.135. The van der Waals surface area contributed by atoms with Gasteiger partial charge in [0.15, 0.2) is 0 Å². The molecular weight excluding hydrogens is 372 g/mol. The number of fused-ring (bicyclic) bond motifs is 1. The molecule has 1 heterocycles. The minimum absolute atomic E-state index is 0.333. The maximum Gasteiger partial charge on any atom is 0.322 e. The zero-order valence-electron chi connectivity index (χ0n) is 16.4. The number of aliphatic carboxylic acids is 1. The van der Waals surface area contributed by atoms with Gasteiger partial charge in [-0.3, -0.25) is 14.4 Å². The number of benzene rings is 2. The van der Waals surface area contributed by atoms with Gasteiger partial charge in [-0.2, -0.15) is 0 Å². The van der Waals surface area contributed by atoms with Crippen LogP contribution in [0, 0.1) is 0 Å². The third-order valence-corrected chi connectivity index (χ3v) is 4.88. The van der Waals surface area contributed by atoms with E-state index in [4.69, 9.17) is 5.11 Å². The first kappa shape index (κ1) is 20.1. The van der Waals surface area contributed by atoms with Crippen LogP contribution in [0.4, 0.5) is 0 Å². The van der Waals surface area contributed by atoms with Crippen LogP contribution in [0.1, 0.15) is 35.7 Å². The van der Waals surface area contributed by atoms with Crippen molar-refractivity contribution in [3.05, 3.63) is 63.9 Å². The van der Waals surface area contributed by atoms with Gasteiger partial charge in [-0.15, -0.1) is 0 Å². The van der Waals surface area contributed by atoms with E-state index in [0.29, 0.717) is 16.8 Å². The van der Waals surface area contributed by atoms with Crippen LogP contribution in [-0.2, 0) is 11.8 Å². The highest BCUT2D eigenvalue weighted by Gasteiger charge is 2.22. The minimum atomic E-state index is -1.25. The molecule has 3 N–H and O–H groups in total. The van der Waals surface area contributed by atoms with Gasteiger partial charge in [-0.05, 0) is 34.7 Å². The molecule has 29 heavy (non-hydrogen) atoms. The monoisotopic (exact) mass is 394 g/mol. The van der Waals surface area contributed by atoms with Crippen molar-refractivity contribution in [1.29, 1.82) is 0 Å². The predicted octanol–water partition coefficient (Wildman–Crippen LogP) is 2.85. The molecule has 0 atom stereocenters. The lowest BCUT2D eigenvalue weighted by Crippen LogP contribution is -2.35. The molecule has 3 rings (SSSR count). The molecule has 7 nitrogen and oxygen atoms in total. The number of nitrogens with zero attached hydrogens (tertiary/aromatic N) is 1. The van der Waals surface area contributed by atoms with Gasteiger partial charge in [0.05, 0.1) is 5.52 Å². The first-order valence-electron chi connectivity index (χ1n) is 9.16. The summed E-state index contributed by atoms with van der Waals surface area (Å²) >= 11 is 0. The van der Waals surface area contributed by atoms with Crippen LogP contribution in [0.15, 0.2) is 47.3 Å². The lowest BCUT2D eigenvalue weighted by atomic mass is 9.96. The number of hydrogen-bond acceptors (Lipinski definition) is 4. The fourth-order valence-corrected chi connectivity index (χ4v) is 3.24. The van der Waals surface area contributed by atoms with Crippen LogP contribution in [0.3, 0.4) is 0 Å². The molecule has 1 amide bonds. The quantitative estimate of drug-likeness (QED) is 0.617. The summed E-state index contributed by atoms with van der Waals surface area (Å²) in [6.45, 7) is 3.55. The fourth-order valence-electron chi connectivity index (χ4n) is 3.24. The van der Waals surface area contributed by atoms with E-state index in [9.17, 15) is 19.5 Å². The first-order valence-corrected chi connectivity index (χ1v) is 9.16. The van der Waals surface area contributed by atoms with Gasteiger partial charge in [0.25, 0.3) is 11.5 Å². The second-order valence-corrected chi connectivity index (χ2v) is 7.18. The van der Waals surface area contributed by atoms with Crippen molar-refractivity contribution in [2.45, 2.75) is 19.8 Å². The third kappa shape index (κ3) is 3.85. The average molecular weight is 394 g/mol. The molecule has 0 saturated carbocycles. The Hall–Kier alpha value is -3.61. The number of hydrogen-bond donors (Lipinski definition) is 3. The molecule has 3 aromatic rings. The van der Waals surface area contributed by atoms with Crippen LogP contribution in [0.5, 0.6) is 5.75 Å². The van der Waals surface area contributed by atoms with Crippen molar-refractivity contribution in [3.8, 4) is 16.9 Å². The standard InChI is InChI=1S/C22H22N2O5/c1-12(2)13-5-4-6-14(9-13)15-7-8-17-16(10-15)20(27)19(22(29)24(17)3)21(28)23-11-18(25)26/h4-10,12,27H,11H2,1-3H3,(H,23,28)(H,25,26). The molecule has 0 unspecified atom stereocenters. The van der Waals surface area contributed by atoms with Crippen LogP contribution < -0.4 is 10.9 Å². The Morgan fingerprint density at radius 2 is 1.79 bits per heavy atom. The van der Waals surface area contributed by atoms with Crippen LogP contribution in [0.25, 0.3) is 22.0 Å². The number of nitrogens with one attached hydrogen (secondary N) is 1. The average Bonchev–Trinajstić information content (AvgIpc) is 2.70. The summed E-state index contributed by atoms with van der Waals surface area (Å²) < 4.78 is 1.26. The number of carbonyl (C=O) groups is 2. The van der Waals surface area contributed by atoms with E-state index in [-0.39, 0.29) is 0 Å². The Balaban J connectivity index is 2.17. The van der Waals surface area contributed by atoms with Gasteiger partial charge in [0.1, 0.15) is 17.9 Å². The Labute approximate surface area is 167 Å². The largest absolute Gasteiger partial charge is 0.506 e. The molecule has 0 aliphatic rings. The molecule has 150 valence electrons. The summed E-state index contributed by atoms with van der Waals surface area (Å²) in [5.41, 5.74) is 2.22. The van der Waals surface area contributed by atoms with Gasteiger partial charge in [0, 0.05) is 12.4 Å². The molecular formula is C22H22N2O5. The number of carbonyl (C=O) groups excluding carboxylic acids is 1. The summed E-state index contributed by atoms with van der Waals surface area (Å²) in [6, 6.07) is 13.3. The molecule has 0 bridgehead atoms. The highest BCUT2D eigenvalue weighted by molar-refractivity contribution is 6.03. The SMILES string of the molecule is CC(C)c1cccc(-c2ccc3c(c2)c(O)c(C(=O)NCC(=O)O)c(=O)n3C)c1. The van der Waals surface area contributed by atoms with Gasteiger partial charge < -0.3 is 20.1 Å². The Kier molecular flexibility index (Phi) is 5.41. The lowest BCUT2D eigenvalue weighted by Gasteiger charge is -2.14. The van der Waals surface area contributed by atoms with Crippen molar-refractivity contribution in [3.63, 3.8) is 0 Å². The van der Waals surface area contributed by atoms with Crippen molar-refractivity contribution >= 4 is 22.8 Å². The molecule has 0 radical (unpaired) electrons. The Morgan fingerprint density at radius 3 is 2.45 bits per heavy atom. The smallest absolute Gasteiger partial charge is 0.322 e. The van der Waals surface area contributed by atoms with E-state index in [1.54, 1.807) is 12.1 Å². The third-order valence-electron chi connectivity index (χ3n) is 4.88. The minimum Gasteiger partial charge on any atom is -0.506 e. The number of amides is 1. The second-order valence-electron chi connectivity index (χ2n) is 7.18. The molecule has 1 aromatic heterocycles. The van der Waals surface area contributed by atoms with Crippen LogP contribution in [0.2, 0.25) is 0 Å². The Morgan fingerprint density at radius 1 is 1.10 bits per heavy atom. The Bertz CT molecular complexity index is 1180. The predicted molar refractivity (Wildman–Crippen MR) is 110 cm³/mol. The number of aromatic nitrogens is 1. The summed E-state index contributed by atoms with van der Waals surface area (Å²) in [5.74, 6) is -2.29. The number of aromatic hydroxyl groups is 1. The van der Waals surface area contributed by atoms with E-state index >= 15 is 0 Å². The summed E-state index contributed by atoms with van der Waals surface area (Å²) in [5, 5.41) is 21.9. The number of carboxylic acids is 1. The highest BCUT2D eigenvalue weighted by atomic mass is 16.4. The van der Waals surface area contributed by atoms with Crippen molar-refractivity contribution in [2.75, 3.05) is 6.54 Å². The van der Waals surface area contributed by atoms with Crippen molar-refractivity contribution in [2.24, 2.45) is 7.05 Å².